The van der Waals surface area contributed by atoms with E-state index >= 15 is 0 Å². The first-order chi connectivity index (χ1) is 9.74. The van der Waals surface area contributed by atoms with Gasteiger partial charge in [-0.15, -0.1) is 0 Å². The van der Waals surface area contributed by atoms with E-state index in [9.17, 15) is 0 Å². The van der Waals surface area contributed by atoms with Crippen molar-refractivity contribution < 1.29 is 0 Å². The molecule has 21 heavy (non-hydrogen) atoms. The molecule has 2 aromatic rings. The highest BCUT2D eigenvalue weighted by Crippen LogP contribution is 2.31. The molecule has 0 bridgehead atoms. The van der Waals surface area contributed by atoms with Gasteiger partial charge in [0.25, 0.3) is 0 Å². The third-order valence-corrected chi connectivity index (χ3v) is 4.43. The third-order valence-electron chi connectivity index (χ3n) is 3.14. The monoisotopic (exact) mass is 399 g/mol. The number of nitrogens with zero attached hydrogens (tertiary/aromatic N) is 4. The highest BCUT2D eigenvalue weighted by atomic mass is 127. The van der Waals surface area contributed by atoms with E-state index in [0.717, 1.165) is 38.7 Å². The van der Waals surface area contributed by atoms with Crippen molar-refractivity contribution in [2.45, 2.75) is 40.0 Å². The van der Waals surface area contributed by atoms with E-state index in [-0.39, 0.29) is 5.41 Å². The van der Waals surface area contributed by atoms with E-state index in [0.29, 0.717) is 0 Å². The van der Waals surface area contributed by atoms with Gasteiger partial charge in [0.1, 0.15) is 5.82 Å². The van der Waals surface area contributed by atoms with Crippen LogP contribution in [-0.2, 0) is 12.5 Å². The second-order valence-corrected chi connectivity index (χ2v) is 7.22. The van der Waals surface area contributed by atoms with Gasteiger partial charge >= 0.3 is 0 Å². The van der Waals surface area contributed by atoms with Gasteiger partial charge in [0.15, 0.2) is 5.82 Å². The largest absolute Gasteiger partial charge is 0.369 e. The van der Waals surface area contributed by atoms with E-state index in [4.69, 9.17) is 4.98 Å². The van der Waals surface area contributed by atoms with Gasteiger partial charge in [-0.25, -0.2) is 9.97 Å². The minimum absolute atomic E-state index is 0.0464. The number of hydrogen-bond donors (Lipinski definition) is 1. The molecule has 0 radical (unpaired) electrons. The smallest absolute Gasteiger partial charge is 0.165 e. The zero-order chi connectivity index (χ0) is 15.8. The Hall–Kier alpha value is -1.18. The molecule has 0 spiro atoms. The fourth-order valence-corrected chi connectivity index (χ4v) is 2.60. The van der Waals surface area contributed by atoms with Crippen molar-refractivity contribution in [2.24, 2.45) is 7.05 Å². The Morgan fingerprint density at radius 3 is 2.52 bits per heavy atom. The predicted octanol–water partition coefficient (Wildman–Crippen LogP) is 3.52. The van der Waals surface area contributed by atoms with E-state index < -0.39 is 0 Å². The van der Waals surface area contributed by atoms with Crippen molar-refractivity contribution in [3.8, 4) is 11.4 Å². The Bertz CT molecular complexity index is 655. The molecule has 0 saturated heterocycles. The summed E-state index contributed by atoms with van der Waals surface area (Å²) in [4.78, 5) is 9.36. The van der Waals surface area contributed by atoms with Gasteiger partial charge in [0, 0.05) is 25.2 Å². The Morgan fingerprint density at radius 1 is 1.29 bits per heavy atom. The molecule has 5 nitrogen and oxygen atoms in total. The molecule has 0 amide bonds. The van der Waals surface area contributed by atoms with Crippen molar-refractivity contribution in [3.63, 3.8) is 0 Å². The fourth-order valence-electron chi connectivity index (χ4n) is 2.17. The standard InChI is InChI=1S/C15H22IN5/c1-7-17-14-11(16)9(2)18-13(19-14)10-8-21(6)20-12(10)15(3,4)5/h8H,7H2,1-6H3,(H,17,18,19). The third kappa shape index (κ3) is 3.36. The van der Waals surface area contributed by atoms with Crippen LogP contribution in [0.5, 0.6) is 0 Å². The molecule has 0 fully saturated rings. The van der Waals surface area contributed by atoms with Crippen molar-refractivity contribution in [2.75, 3.05) is 11.9 Å². The lowest BCUT2D eigenvalue weighted by atomic mass is 9.89. The Kier molecular flexibility index (Phi) is 4.55. The summed E-state index contributed by atoms with van der Waals surface area (Å²) in [6.07, 6.45) is 2.00. The Labute approximate surface area is 139 Å². The minimum Gasteiger partial charge on any atom is -0.369 e. The van der Waals surface area contributed by atoms with E-state index in [1.807, 2.05) is 24.9 Å². The van der Waals surface area contributed by atoms with Crippen molar-refractivity contribution in [1.29, 1.82) is 0 Å². The molecule has 0 aromatic carbocycles. The van der Waals surface area contributed by atoms with Crippen LogP contribution in [0.1, 0.15) is 39.1 Å². The molecule has 2 heterocycles. The predicted molar refractivity (Wildman–Crippen MR) is 94.6 cm³/mol. The van der Waals surface area contributed by atoms with Crippen LogP contribution < -0.4 is 5.32 Å². The number of nitrogens with one attached hydrogen (secondary N) is 1. The molecule has 0 aliphatic carbocycles. The van der Waals surface area contributed by atoms with Crippen LogP contribution in [0.4, 0.5) is 5.82 Å². The number of rotatable bonds is 3. The van der Waals surface area contributed by atoms with Crippen LogP contribution in [0.15, 0.2) is 6.20 Å². The number of anilines is 1. The fraction of sp³-hybridized carbons (Fsp3) is 0.533. The van der Waals surface area contributed by atoms with Crippen LogP contribution in [0, 0.1) is 10.5 Å². The Balaban J connectivity index is 2.62. The lowest BCUT2D eigenvalue weighted by Gasteiger charge is -2.17. The number of aryl methyl sites for hydroxylation is 2. The number of hydrogen-bond acceptors (Lipinski definition) is 4. The summed E-state index contributed by atoms with van der Waals surface area (Å²) in [5.41, 5.74) is 2.96. The number of halogens is 1. The second kappa shape index (κ2) is 5.90. The number of aromatic nitrogens is 4. The lowest BCUT2D eigenvalue weighted by molar-refractivity contribution is 0.554. The normalized spacial score (nSPS) is 11.8. The first-order valence-electron chi connectivity index (χ1n) is 7.06. The zero-order valence-electron chi connectivity index (χ0n) is 13.5. The molecule has 1 N–H and O–H groups in total. The average molecular weight is 399 g/mol. The highest BCUT2D eigenvalue weighted by Gasteiger charge is 2.25. The van der Waals surface area contributed by atoms with Crippen LogP contribution in [0.2, 0.25) is 0 Å². The molecule has 114 valence electrons. The van der Waals surface area contributed by atoms with Crippen LogP contribution in [-0.4, -0.2) is 26.3 Å². The summed E-state index contributed by atoms with van der Waals surface area (Å²) in [6.45, 7) is 11.4. The van der Waals surface area contributed by atoms with Crippen LogP contribution in [0.25, 0.3) is 11.4 Å². The van der Waals surface area contributed by atoms with Gasteiger partial charge in [0.05, 0.1) is 20.5 Å². The van der Waals surface area contributed by atoms with Crippen molar-refractivity contribution in [1.82, 2.24) is 19.7 Å². The van der Waals surface area contributed by atoms with Crippen LogP contribution >= 0.6 is 22.6 Å². The van der Waals surface area contributed by atoms with Crippen molar-refractivity contribution >= 4 is 28.4 Å². The Morgan fingerprint density at radius 2 is 1.95 bits per heavy atom. The van der Waals surface area contributed by atoms with Gasteiger partial charge in [-0.2, -0.15) is 5.10 Å². The maximum absolute atomic E-state index is 4.70. The molecule has 0 aliphatic heterocycles. The van der Waals surface area contributed by atoms with Gasteiger partial charge in [-0.1, -0.05) is 20.8 Å². The summed E-state index contributed by atoms with van der Waals surface area (Å²) in [6, 6.07) is 0. The van der Waals surface area contributed by atoms with Gasteiger partial charge in [0.2, 0.25) is 0 Å². The van der Waals surface area contributed by atoms with Crippen molar-refractivity contribution in [3.05, 3.63) is 21.2 Å². The molecule has 6 heteroatoms. The van der Waals surface area contributed by atoms with Crippen LogP contribution in [0.3, 0.4) is 0 Å². The highest BCUT2D eigenvalue weighted by molar-refractivity contribution is 14.1. The SMILES string of the molecule is CCNc1nc(-c2cn(C)nc2C(C)(C)C)nc(C)c1I. The maximum atomic E-state index is 4.70. The summed E-state index contributed by atoms with van der Waals surface area (Å²) in [5.74, 6) is 1.63. The summed E-state index contributed by atoms with van der Waals surface area (Å²) >= 11 is 2.29. The molecule has 0 atom stereocenters. The zero-order valence-corrected chi connectivity index (χ0v) is 15.6. The van der Waals surface area contributed by atoms with Gasteiger partial charge in [-0.05, 0) is 36.4 Å². The minimum atomic E-state index is -0.0464. The molecule has 0 aliphatic rings. The molecule has 2 aromatic heterocycles. The molecular weight excluding hydrogens is 377 g/mol. The topological polar surface area (TPSA) is 55.6 Å². The van der Waals surface area contributed by atoms with E-state index in [1.54, 1.807) is 0 Å². The molecule has 0 saturated carbocycles. The summed E-state index contributed by atoms with van der Waals surface area (Å²) in [5, 5.41) is 7.91. The van der Waals surface area contributed by atoms with E-state index in [1.165, 1.54) is 0 Å². The second-order valence-electron chi connectivity index (χ2n) is 6.14. The summed E-state index contributed by atoms with van der Waals surface area (Å²) in [7, 11) is 1.93. The molecule has 2 rings (SSSR count). The first kappa shape index (κ1) is 16.2. The van der Waals surface area contributed by atoms with E-state index in [2.05, 4.69) is 65.7 Å². The first-order valence-corrected chi connectivity index (χ1v) is 8.14. The quantitative estimate of drug-likeness (QED) is 0.803. The van der Waals surface area contributed by atoms with Gasteiger partial charge in [-0.3, -0.25) is 4.68 Å². The summed E-state index contributed by atoms with van der Waals surface area (Å²) < 4.78 is 2.90. The van der Waals surface area contributed by atoms with Gasteiger partial charge < -0.3 is 5.32 Å². The molecule has 0 unspecified atom stereocenters. The maximum Gasteiger partial charge on any atom is 0.165 e. The lowest BCUT2D eigenvalue weighted by Crippen LogP contribution is -2.14. The molecular formula is C15H22IN5. The average Bonchev–Trinajstić information content (AvgIpc) is 2.77.